The van der Waals surface area contributed by atoms with Gasteiger partial charge in [0.15, 0.2) is 5.96 Å². The lowest BCUT2D eigenvalue weighted by molar-refractivity contribution is 0.323. The highest BCUT2D eigenvalue weighted by Gasteiger charge is 2.16. The number of nitrogens with zero attached hydrogens (tertiary/aromatic N) is 2. The monoisotopic (exact) mass is 452 g/mol. The third-order valence-electron chi connectivity index (χ3n) is 3.12. The zero-order chi connectivity index (χ0) is 16.4. The van der Waals surface area contributed by atoms with Gasteiger partial charge in [0.25, 0.3) is 0 Å². The van der Waals surface area contributed by atoms with Crippen molar-refractivity contribution < 1.29 is 4.74 Å². The number of guanidine groups is 1. The molecule has 0 atom stereocenters. The number of thioether (sulfide) groups is 1. The summed E-state index contributed by atoms with van der Waals surface area (Å²) in [6.07, 6.45) is 3.86. The quantitative estimate of drug-likeness (QED) is 0.360. The van der Waals surface area contributed by atoms with Crippen LogP contribution in [-0.4, -0.2) is 41.6 Å². The van der Waals surface area contributed by atoms with Crippen LogP contribution in [0.1, 0.15) is 33.3 Å². The van der Waals surface area contributed by atoms with Crippen molar-refractivity contribution in [2.75, 3.05) is 26.0 Å². The predicted octanol–water partition coefficient (Wildman–Crippen LogP) is 3.30. The van der Waals surface area contributed by atoms with Crippen molar-refractivity contribution in [2.45, 2.75) is 39.0 Å². The Kier molecular flexibility index (Phi) is 11.4. The lowest BCUT2D eigenvalue weighted by atomic mass is 10.2. The molecule has 0 aromatic carbocycles. The van der Waals surface area contributed by atoms with Crippen LogP contribution in [-0.2, 0) is 6.54 Å². The molecule has 0 unspecified atom stereocenters. The van der Waals surface area contributed by atoms with Gasteiger partial charge in [-0.15, -0.1) is 24.0 Å². The molecule has 2 N–H and O–H groups in total. The van der Waals surface area contributed by atoms with Gasteiger partial charge in [-0.2, -0.15) is 11.8 Å². The number of rotatable bonds is 8. The standard InChI is InChI=1S/C16H28N4OS.HI/c1-6-17-15(20-12-16(3,4)22-5)19-11-13-9-8-10-18-14(13)21-7-2;/h8-10H,6-7,11-12H2,1-5H3,(H2,17,19,20);1H. The minimum atomic E-state index is 0. The van der Waals surface area contributed by atoms with Gasteiger partial charge in [-0.25, -0.2) is 9.98 Å². The number of nitrogens with one attached hydrogen (secondary N) is 2. The van der Waals surface area contributed by atoms with Gasteiger partial charge >= 0.3 is 0 Å². The van der Waals surface area contributed by atoms with Gasteiger partial charge in [0, 0.05) is 29.6 Å². The maximum atomic E-state index is 5.54. The molecular formula is C16H29IN4OS. The second-order valence-electron chi connectivity index (χ2n) is 5.41. The second-order valence-corrected chi connectivity index (χ2v) is 6.93. The minimum Gasteiger partial charge on any atom is -0.478 e. The van der Waals surface area contributed by atoms with E-state index in [1.165, 1.54) is 0 Å². The first-order chi connectivity index (χ1) is 10.5. The second kappa shape index (κ2) is 11.8. The van der Waals surface area contributed by atoms with Gasteiger partial charge in [0.2, 0.25) is 5.88 Å². The smallest absolute Gasteiger partial charge is 0.218 e. The van der Waals surface area contributed by atoms with Crippen molar-refractivity contribution in [1.82, 2.24) is 15.6 Å². The van der Waals surface area contributed by atoms with Crippen LogP contribution in [0.3, 0.4) is 0 Å². The molecule has 0 fully saturated rings. The summed E-state index contributed by atoms with van der Waals surface area (Å²) in [5.74, 6) is 1.48. The molecule has 1 aromatic heterocycles. The molecule has 1 rings (SSSR count). The van der Waals surface area contributed by atoms with Crippen molar-refractivity contribution in [3.05, 3.63) is 23.9 Å². The first-order valence-corrected chi connectivity index (χ1v) is 8.89. The molecule has 1 heterocycles. The van der Waals surface area contributed by atoms with Crippen LogP contribution in [0.25, 0.3) is 0 Å². The maximum absolute atomic E-state index is 5.54. The van der Waals surface area contributed by atoms with Crippen LogP contribution in [0.4, 0.5) is 0 Å². The summed E-state index contributed by atoms with van der Waals surface area (Å²) in [7, 11) is 0. The minimum absolute atomic E-state index is 0. The number of ether oxygens (including phenoxy) is 1. The molecule has 0 radical (unpaired) electrons. The van der Waals surface area contributed by atoms with E-state index in [0.29, 0.717) is 19.0 Å². The Morgan fingerprint density at radius 1 is 1.35 bits per heavy atom. The Morgan fingerprint density at radius 3 is 2.70 bits per heavy atom. The molecule has 7 heteroatoms. The number of hydrogen-bond acceptors (Lipinski definition) is 4. The fourth-order valence-corrected chi connectivity index (χ4v) is 1.90. The Balaban J connectivity index is 0.00000484. The van der Waals surface area contributed by atoms with Crippen molar-refractivity contribution >= 4 is 41.7 Å². The van der Waals surface area contributed by atoms with Crippen LogP contribution in [0.5, 0.6) is 5.88 Å². The number of hydrogen-bond donors (Lipinski definition) is 2. The van der Waals surface area contributed by atoms with Crippen LogP contribution in [0, 0.1) is 0 Å². The van der Waals surface area contributed by atoms with Gasteiger partial charge in [0.05, 0.1) is 13.2 Å². The Morgan fingerprint density at radius 2 is 2.09 bits per heavy atom. The van der Waals surface area contributed by atoms with Gasteiger partial charge in [0.1, 0.15) is 0 Å². The van der Waals surface area contributed by atoms with Crippen molar-refractivity contribution in [1.29, 1.82) is 0 Å². The first-order valence-electron chi connectivity index (χ1n) is 7.66. The fraction of sp³-hybridized carbons (Fsp3) is 0.625. The van der Waals surface area contributed by atoms with Gasteiger partial charge < -0.3 is 15.4 Å². The summed E-state index contributed by atoms with van der Waals surface area (Å²) in [4.78, 5) is 8.88. The molecule has 5 nitrogen and oxygen atoms in total. The van der Waals surface area contributed by atoms with Gasteiger partial charge in [-0.1, -0.05) is 6.07 Å². The maximum Gasteiger partial charge on any atom is 0.218 e. The fourth-order valence-electron chi connectivity index (χ4n) is 1.69. The highest BCUT2D eigenvalue weighted by molar-refractivity contribution is 14.0. The van der Waals surface area contributed by atoms with Crippen molar-refractivity contribution in [2.24, 2.45) is 4.99 Å². The normalized spacial score (nSPS) is 11.6. The molecule has 132 valence electrons. The summed E-state index contributed by atoms with van der Waals surface area (Å²) in [5, 5.41) is 6.66. The SMILES string of the molecule is CCNC(=NCc1cccnc1OCC)NCC(C)(C)SC.I. The number of halogens is 1. The van der Waals surface area contributed by atoms with E-state index >= 15 is 0 Å². The molecule has 0 aliphatic rings. The lowest BCUT2D eigenvalue weighted by Crippen LogP contribution is -2.43. The molecule has 23 heavy (non-hydrogen) atoms. The van der Waals surface area contributed by atoms with E-state index in [2.05, 4.69) is 47.6 Å². The molecule has 0 aliphatic carbocycles. The largest absolute Gasteiger partial charge is 0.478 e. The average Bonchev–Trinajstić information content (AvgIpc) is 2.52. The van der Waals surface area contributed by atoms with Crippen molar-refractivity contribution in [3.63, 3.8) is 0 Å². The van der Waals surface area contributed by atoms with Gasteiger partial charge in [-0.3, -0.25) is 0 Å². The number of pyridine rings is 1. The van der Waals surface area contributed by atoms with E-state index in [0.717, 1.165) is 24.6 Å². The third kappa shape index (κ3) is 8.64. The van der Waals surface area contributed by atoms with E-state index in [4.69, 9.17) is 4.74 Å². The van der Waals surface area contributed by atoms with Crippen LogP contribution < -0.4 is 15.4 Å². The van der Waals surface area contributed by atoms with Crippen molar-refractivity contribution in [3.8, 4) is 5.88 Å². The number of aliphatic imine (C=N–C) groups is 1. The molecule has 0 saturated carbocycles. The Labute approximate surface area is 161 Å². The van der Waals surface area contributed by atoms with E-state index in [-0.39, 0.29) is 28.7 Å². The molecular weight excluding hydrogens is 423 g/mol. The van der Waals surface area contributed by atoms with Crippen LogP contribution >= 0.6 is 35.7 Å². The predicted molar refractivity (Wildman–Crippen MR) is 111 cm³/mol. The van der Waals surface area contributed by atoms with Crippen LogP contribution in [0.15, 0.2) is 23.3 Å². The molecule has 0 aliphatic heterocycles. The zero-order valence-corrected chi connectivity index (χ0v) is 17.8. The Bertz CT molecular complexity index is 483. The summed E-state index contributed by atoms with van der Waals surface area (Å²) in [5.41, 5.74) is 0.991. The van der Waals surface area contributed by atoms with E-state index in [1.54, 1.807) is 6.20 Å². The molecule has 0 spiro atoms. The molecule has 0 saturated heterocycles. The third-order valence-corrected chi connectivity index (χ3v) is 4.37. The topological polar surface area (TPSA) is 58.5 Å². The first kappa shape index (κ1) is 22.3. The van der Waals surface area contributed by atoms with E-state index < -0.39 is 0 Å². The Hall–Kier alpha value is -0.700. The summed E-state index contributed by atoms with van der Waals surface area (Å²) in [6.45, 7) is 11.3. The highest BCUT2D eigenvalue weighted by atomic mass is 127. The van der Waals surface area contributed by atoms with E-state index in [1.807, 2.05) is 30.8 Å². The zero-order valence-electron chi connectivity index (χ0n) is 14.7. The summed E-state index contributed by atoms with van der Waals surface area (Å²) >= 11 is 1.84. The highest BCUT2D eigenvalue weighted by Crippen LogP contribution is 2.19. The molecule has 0 bridgehead atoms. The van der Waals surface area contributed by atoms with Gasteiger partial charge in [-0.05, 0) is 40.0 Å². The summed E-state index contributed by atoms with van der Waals surface area (Å²) < 4.78 is 5.70. The number of aromatic nitrogens is 1. The lowest BCUT2D eigenvalue weighted by Gasteiger charge is -2.23. The van der Waals surface area contributed by atoms with Crippen LogP contribution in [0.2, 0.25) is 0 Å². The molecule has 0 amide bonds. The average molecular weight is 452 g/mol. The van der Waals surface area contributed by atoms with E-state index in [9.17, 15) is 0 Å². The molecule has 1 aromatic rings. The summed E-state index contributed by atoms with van der Waals surface area (Å²) in [6, 6.07) is 3.90.